The van der Waals surface area contributed by atoms with Gasteiger partial charge < -0.3 is 20.1 Å². The van der Waals surface area contributed by atoms with E-state index >= 15 is 0 Å². The predicted octanol–water partition coefficient (Wildman–Crippen LogP) is 15.8. The van der Waals surface area contributed by atoms with Crippen LogP contribution in [0.3, 0.4) is 0 Å². The highest BCUT2D eigenvalue weighted by Gasteiger charge is 2.26. The van der Waals surface area contributed by atoms with E-state index in [0.29, 0.717) is 6.42 Å². The van der Waals surface area contributed by atoms with Gasteiger partial charge in [0.25, 0.3) is 0 Å². The highest BCUT2D eigenvalue weighted by Crippen LogP contribution is 2.43. The van der Waals surface area contributed by atoms with Crippen molar-refractivity contribution in [1.82, 2.24) is 0 Å². The Bertz CT molecular complexity index is 1170. The molecule has 9 nitrogen and oxygen atoms in total. The first kappa shape index (κ1) is 61.0. The van der Waals surface area contributed by atoms with E-state index in [1.165, 1.54) is 148 Å². The molecule has 0 aromatic rings. The lowest BCUT2D eigenvalue weighted by molar-refractivity contribution is -0.161. The minimum absolute atomic E-state index is 0.0541. The third-order valence-corrected chi connectivity index (χ3v) is 12.2. The van der Waals surface area contributed by atoms with E-state index in [-0.39, 0.29) is 38.6 Å². The molecule has 0 aliphatic carbocycles. The van der Waals surface area contributed by atoms with Crippen molar-refractivity contribution in [2.75, 3.05) is 26.4 Å². The molecule has 2 atom stereocenters. The highest BCUT2D eigenvalue weighted by molar-refractivity contribution is 7.47. The molecular formula is C53H98NO8P. The molecule has 0 rings (SSSR count). The maximum absolute atomic E-state index is 12.7. The summed E-state index contributed by atoms with van der Waals surface area (Å²) in [7, 11) is -4.38. The summed E-state index contributed by atoms with van der Waals surface area (Å²) >= 11 is 0. The van der Waals surface area contributed by atoms with Gasteiger partial charge in [-0.3, -0.25) is 18.6 Å². The van der Waals surface area contributed by atoms with Crippen LogP contribution in [0.25, 0.3) is 0 Å². The van der Waals surface area contributed by atoms with Crippen molar-refractivity contribution in [2.45, 2.75) is 251 Å². The average Bonchev–Trinajstić information content (AvgIpc) is 3.27. The first-order chi connectivity index (χ1) is 30.8. The fourth-order valence-corrected chi connectivity index (χ4v) is 8.16. The van der Waals surface area contributed by atoms with Gasteiger partial charge in [0.2, 0.25) is 0 Å². The molecule has 63 heavy (non-hydrogen) atoms. The van der Waals surface area contributed by atoms with E-state index in [2.05, 4.69) is 62.5 Å². The van der Waals surface area contributed by atoms with Crippen LogP contribution in [0.5, 0.6) is 0 Å². The SMILES string of the molecule is CC/C=C\C/C=C\C/C=C\C/C=C\CCCCCCCCCCCCCCCCC(=O)OC(COC(=O)CCCCCCCCCCCCCCCCC)COP(=O)(O)OCCN. The molecule has 0 heterocycles. The van der Waals surface area contributed by atoms with Crippen LogP contribution in [-0.2, 0) is 32.7 Å². The fraction of sp³-hybridized carbons (Fsp3) is 0.811. The smallest absolute Gasteiger partial charge is 0.462 e. The fourth-order valence-electron chi connectivity index (χ4n) is 7.39. The number of hydrogen-bond donors (Lipinski definition) is 2. The Morgan fingerprint density at radius 2 is 0.873 bits per heavy atom. The quantitative estimate of drug-likeness (QED) is 0.0265. The second kappa shape index (κ2) is 49.4. The summed E-state index contributed by atoms with van der Waals surface area (Å²) in [5.41, 5.74) is 5.37. The Morgan fingerprint density at radius 1 is 0.492 bits per heavy atom. The molecule has 0 bridgehead atoms. The van der Waals surface area contributed by atoms with E-state index in [0.717, 1.165) is 64.2 Å². The number of phosphoric ester groups is 1. The Morgan fingerprint density at radius 3 is 1.30 bits per heavy atom. The molecule has 0 aliphatic rings. The second-order valence-corrected chi connectivity index (χ2v) is 18.8. The van der Waals surface area contributed by atoms with Crippen molar-refractivity contribution < 1.29 is 37.6 Å². The van der Waals surface area contributed by atoms with Gasteiger partial charge in [0.1, 0.15) is 6.61 Å². The molecule has 3 N–H and O–H groups in total. The average molecular weight is 908 g/mol. The first-order valence-electron chi connectivity index (χ1n) is 26.1. The number of carbonyl (C=O) groups is 2. The van der Waals surface area contributed by atoms with Crippen LogP contribution in [-0.4, -0.2) is 49.3 Å². The molecule has 0 radical (unpaired) electrons. The number of esters is 2. The van der Waals surface area contributed by atoms with Gasteiger partial charge >= 0.3 is 19.8 Å². The van der Waals surface area contributed by atoms with Crippen molar-refractivity contribution in [3.63, 3.8) is 0 Å². The highest BCUT2D eigenvalue weighted by atomic mass is 31.2. The predicted molar refractivity (Wildman–Crippen MR) is 266 cm³/mol. The number of carbonyl (C=O) groups excluding carboxylic acids is 2. The van der Waals surface area contributed by atoms with E-state index in [4.69, 9.17) is 24.3 Å². The number of rotatable bonds is 49. The van der Waals surface area contributed by atoms with Crippen molar-refractivity contribution in [1.29, 1.82) is 0 Å². The van der Waals surface area contributed by atoms with Crippen LogP contribution >= 0.6 is 7.82 Å². The molecule has 0 saturated heterocycles. The zero-order valence-corrected chi connectivity index (χ0v) is 41.7. The second-order valence-electron chi connectivity index (χ2n) is 17.4. The number of hydrogen-bond acceptors (Lipinski definition) is 8. The third kappa shape index (κ3) is 49.2. The van der Waals surface area contributed by atoms with Gasteiger partial charge in [0, 0.05) is 19.4 Å². The zero-order chi connectivity index (χ0) is 46.0. The van der Waals surface area contributed by atoms with Crippen molar-refractivity contribution >= 4 is 19.8 Å². The summed E-state index contributed by atoms with van der Waals surface area (Å²) in [5.74, 6) is -0.819. The van der Waals surface area contributed by atoms with E-state index < -0.39 is 26.5 Å². The summed E-state index contributed by atoms with van der Waals surface area (Å²) < 4.78 is 32.9. The number of phosphoric acid groups is 1. The van der Waals surface area contributed by atoms with Gasteiger partial charge in [-0.2, -0.15) is 0 Å². The molecule has 0 fully saturated rings. The lowest BCUT2D eigenvalue weighted by Crippen LogP contribution is -2.29. The van der Waals surface area contributed by atoms with E-state index in [1.807, 2.05) is 0 Å². The van der Waals surface area contributed by atoms with Gasteiger partial charge in [0.05, 0.1) is 13.2 Å². The first-order valence-corrected chi connectivity index (χ1v) is 27.6. The number of allylic oxidation sites excluding steroid dienone is 8. The molecule has 10 heteroatoms. The largest absolute Gasteiger partial charge is 0.472 e. The van der Waals surface area contributed by atoms with Gasteiger partial charge in [-0.25, -0.2) is 4.57 Å². The van der Waals surface area contributed by atoms with Gasteiger partial charge in [-0.1, -0.05) is 229 Å². The summed E-state index contributed by atoms with van der Waals surface area (Å²) in [6, 6.07) is 0. The van der Waals surface area contributed by atoms with Gasteiger partial charge in [-0.15, -0.1) is 0 Å². The van der Waals surface area contributed by atoms with Crippen LogP contribution in [0.2, 0.25) is 0 Å². The lowest BCUT2D eigenvalue weighted by Gasteiger charge is -2.19. The zero-order valence-electron chi connectivity index (χ0n) is 40.8. The number of nitrogens with two attached hydrogens (primary N) is 1. The number of unbranched alkanes of at least 4 members (excludes halogenated alkanes) is 28. The molecule has 0 aromatic heterocycles. The summed E-state index contributed by atoms with van der Waals surface area (Å²) in [6.07, 6.45) is 58.7. The Labute approximate surface area is 387 Å². The lowest BCUT2D eigenvalue weighted by atomic mass is 10.0. The molecule has 0 spiro atoms. The maximum atomic E-state index is 12.7. The van der Waals surface area contributed by atoms with Crippen LogP contribution < -0.4 is 5.73 Å². The number of ether oxygens (including phenoxy) is 2. The minimum Gasteiger partial charge on any atom is -0.462 e. The van der Waals surface area contributed by atoms with Gasteiger partial charge in [-0.05, 0) is 51.4 Å². The van der Waals surface area contributed by atoms with Crippen molar-refractivity contribution in [3.8, 4) is 0 Å². The third-order valence-electron chi connectivity index (χ3n) is 11.2. The van der Waals surface area contributed by atoms with Crippen LogP contribution in [0.1, 0.15) is 245 Å². The molecule has 0 aliphatic heterocycles. The van der Waals surface area contributed by atoms with Gasteiger partial charge in [0.15, 0.2) is 6.10 Å². The van der Waals surface area contributed by atoms with Crippen LogP contribution in [0.15, 0.2) is 48.6 Å². The Balaban J connectivity index is 3.97. The maximum Gasteiger partial charge on any atom is 0.472 e. The van der Waals surface area contributed by atoms with Crippen LogP contribution in [0, 0.1) is 0 Å². The normalized spacial score (nSPS) is 13.5. The molecule has 0 amide bonds. The van der Waals surface area contributed by atoms with E-state index in [1.54, 1.807) is 0 Å². The molecule has 2 unspecified atom stereocenters. The molecule has 0 aromatic carbocycles. The van der Waals surface area contributed by atoms with E-state index in [9.17, 15) is 19.0 Å². The monoisotopic (exact) mass is 908 g/mol. The Kier molecular flexibility index (Phi) is 47.8. The van der Waals surface area contributed by atoms with Crippen molar-refractivity contribution in [2.24, 2.45) is 5.73 Å². The minimum atomic E-state index is -4.38. The topological polar surface area (TPSA) is 134 Å². The summed E-state index contributed by atoms with van der Waals surface area (Å²) in [6.45, 7) is 3.66. The summed E-state index contributed by atoms with van der Waals surface area (Å²) in [5, 5.41) is 0. The molecule has 0 saturated carbocycles. The summed E-state index contributed by atoms with van der Waals surface area (Å²) in [4.78, 5) is 35.0. The standard InChI is InChI=1S/C53H98NO8P/c1-3-5-7-9-11-13-15-17-19-20-21-22-23-24-25-26-27-28-29-30-32-34-36-38-40-42-44-46-53(56)62-51(50-61-63(57,58)60-48-47-54)49-59-52(55)45-43-41-39-37-35-33-31-18-16-14-12-10-8-6-4-2/h5,7,11,13,17,19,21-22,51H,3-4,6,8-10,12,14-16,18,20,23-50,54H2,1-2H3,(H,57,58)/b7-5-,13-11-,19-17-,22-21-. The Hall–Kier alpha value is -2.03. The van der Waals surface area contributed by atoms with Crippen molar-refractivity contribution in [3.05, 3.63) is 48.6 Å². The molecular weight excluding hydrogens is 810 g/mol. The molecule has 368 valence electrons. The van der Waals surface area contributed by atoms with Crippen LogP contribution in [0.4, 0.5) is 0 Å².